The maximum atomic E-state index is 11.3. The molecule has 2 aromatic heterocycles. The Morgan fingerprint density at radius 2 is 1.81 bits per heavy atom. The predicted molar refractivity (Wildman–Crippen MR) is 140 cm³/mol. The number of aromatic nitrogens is 7. The van der Waals surface area contributed by atoms with E-state index in [9.17, 15) is 9.90 Å². The molecular weight excluding hydrogens is 466 g/mol. The van der Waals surface area contributed by atoms with Crippen molar-refractivity contribution in [3.63, 3.8) is 0 Å². The van der Waals surface area contributed by atoms with E-state index in [0.29, 0.717) is 24.2 Å². The summed E-state index contributed by atoms with van der Waals surface area (Å²) < 4.78 is 2.05. The molecule has 2 heterocycles. The Kier molecular flexibility index (Phi) is 7.39. The Bertz CT molecular complexity index is 1320. The van der Waals surface area contributed by atoms with Gasteiger partial charge in [0, 0.05) is 17.9 Å². The average molecular weight is 500 g/mol. The fraction of sp³-hybridized carbons (Fsp3) is 0.429. The van der Waals surface area contributed by atoms with Crippen LogP contribution in [0.3, 0.4) is 0 Å². The molecule has 0 aliphatic heterocycles. The SMILES string of the molecule is CCC(C)c1nc(CC2CCC(C(=O)O)CC2)n(Cc2ccc(-c3ccccc3-c3nn[nH]n3)cc2)n1. The van der Waals surface area contributed by atoms with E-state index in [1.165, 1.54) is 0 Å². The molecule has 1 unspecified atom stereocenters. The largest absolute Gasteiger partial charge is 0.481 e. The van der Waals surface area contributed by atoms with Crippen LogP contribution in [0.1, 0.15) is 69.1 Å². The van der Waals surface area contributed by atoms with Crippen molar-refractivity contribution >= 4 is 5.97 Å². The number of carbonyl (C=O) groups is 1. The van der Waals surface area contributed by atoms with Crippen LogP contribution in [0, 0.1) is 11.8 Å². The molecule has 0 amide bonds. The molecule has 5 rings (SSSR count). The first-order chi connectivity index (χ1) is 18.0. The number of tetrazole rings is 1. The van der Waals surface area contributed by atoms with Crippen molar-refractivity contribution in [3.05, 3.63) is 65.7 Å². The minimum atomic E-state index is -0.663. The van der Waals surface area contributed by atoms with E-state index in [4.69, 9.17) is 10.1 Å². The van der Waals surface area contributed by atoms with Gasteiger partial charge in [-0.25, -0.2) is 9.67 Å². The van der Waals surface area contributed by atoms with Gasteiger partial charge >= 0.3 is 5.97 Å². The summed E-state index contributed by atoms with van der Waals surface area (Å²) in [5.41, 5.74) is 4.21. The molecule has 37 heavy (non-hydrogen) atoms. The third-order valence-electron chi connectivity index (χ3n) is 7.60. The predicted octanol–water partition coefficient (Wildman–Crippen LogP) is 5.12. The number of carboxylic acids is 1. The van der Waals surface area contributed by atoms with Crippen LogP contribution in [-0.2, 0) is 17.8 Å². The topological polar surface area (TPSA) is 122 Å². The minimum absolute atomic E-state index is 0.200. The van der Waals surface area contributed by atoms with E-state index < -0.39 is 5.97 Å². The van der Waals surface area contributed by atoms with Gasteiger partial charge in [-0.3, -0.25) is 4.79 Å². The molecule has 0 spiro atoms. The fourth-order valence-corrected chi connectivity index (χ4v) is 5.10. The summed E-state index contributed by atoms with van der Waals surface area (Å²) in [5, 5.41) is 28.7. The zero-order valence-corrected chi connectivity index (χ0v) is 21.3. The number of hydrogen-bond donors (Lipinski definition) is 2. The third kappa shape index (κ3) is 5.60. The van der Waals surface area contributed by atoms with Gasteiger partial charge in [0.2, 0.25) is 5.82 Å². The van der Waals surface area contributed by atoms with Gasteiger partial charge in [-0.15, -0.1) is 10.2 Å². The highest BCUT2D eigenvalue weighted by Crippen LogP contribution is 2.32. The Hall–Kier alpha value is -3.88. The summed E-state index contributed by atoms with van der Waals surface area (Å²) >= 11 is 0. The Balaban J connectivity index is 1.35. The van der Waals surface area contributed by atoms with Crippen molar-refractivity contribution in [3.8, 4) is 22.5 Å². The quantitative estimate of drug-likeness (QED) is 0.328. The number of aliphatic carboxylic acids is 1. The number of benzene rings is 2. The molecule has 1 aliphatic rings. The van der Waals surface area contributed by atoms with E-state index in [1.807, 2.05) is 22.9 Å². The second-order valence-electron chi connectivity index (χ2n) is 10.1. The van der Waals surface area contributed by atoms with Gasteiger partial charge in [0.15, 0.2) is 5.82 Å². The summed E-state index contributed by atoms with van der Waals surface area (Å²) in [5.74, 6) is 2.35. The van der Waals surface area contributed by atoms with E-state index in [-0.39, 0.29) is 5.92 Å². The lowest BCUT2D eigenvalue weighted by molar-refractivity contribution is -0.143. The first-order valence-corrected chi connectivity index (χ1v) is 13.1. The molecule has 2 N–H and O–H groups in total. The van der Waals surface area contributed by atoms with Crippen molar-refractivity contribution < 1.29 is 9.90 Å². The van der Waals surface area contributed by atoms with E-state index >= 15 is 0 Å². The Morgan fingerprint density at radius 1 is 1.08 bits per heavy atom. The molecule has 0 radical (unpaired) electrons. The van der Waals surface area contributed by atoms with Gasteiger partial charge in [-0.2, -0.15) is 10.3 Å². The van der Waals surface area contributed by atoms with E-state index in [1.54, 1.807) is 0 Å². The molecule has 1 saturated carbocycles. The lowest BCUT2D eigenvalue weighted by Gasteiger charge is -2.25. The Morgan fingerprint density at radius 3 is 2.46 bits per heavy atom. The van der Waals surface area contributed by atoms with Gasteiger partial charge in [-0.05, 0) is 59.9 Å². The zero-order valence-electron chi connectivity index (χ0n) is 21.3. The number of hydrogen-bond acceptors (Lipinski definition) is 6. The first-order valence-electron chi connectivity index (χ1n) is 13.1. The molecule has 1 atom stereocenters. The smallest absolute Gasteiger partial charge is 0.306 e. The highest BCUT2D eigenvalue weighted by Gasteiger charge is 2.27. The van der Waals surface area contributed by atoms with Gasteiger partial charge in [0.05, 0.1) is 12.5 Å². The van der Waals surface area contributed by atoms with Crippen LogP contribution >= 0.6 is 0 Å². The molecule has 0 saturated heterocycles. The number of H-pyrrole nitrogens is 1. The van der Waals surface area contributed by atoms with Gasteiger partial charge < -0.3 is 5.11 Å². The van der Waals surface area contributed by atoms with Gasteiger partial charge in [0.25, 0.3) is 0 Å². The van der Waals surface area contributed by atoms with Crippen molar-refractivity contribution in [2.45, 2.75) is 64.8 Å². The number of nitrogens with zero attached hydrogens (tertiary/aromatic N) is 6. The zero-order chi connectivity index (χ0) is 25.8. The summed E-state index contributed by atoms with van der Waals surface area (Å²) in [7, 11) is 0. The normalized spacial score (nSPS) is 18.5. The second kappa shape index (κ2) is 11.0. The average Bonchev–Trinajstić information content (AvgIpc) is 3.60. The van der Waals surface area contributed by atoms with E-state index in [0.717, 1.165) is 72.4 Å². The van der Waals surface area contributed by atoms with Crippen molar-refractivity contribution in [1.82, 2.24) is 35.4 Å². The van der Waals surface area contributed by atoms with Crippen LogP contribution in [0.5, 0.6) is 0 Å². The molecule has 2 aromatic carbocycles. The van der Waals surface area contributed by atoms with Crippen LogP contribution in [0.4, 0.5) is 0 Å². The summed E-state index contributed by atoms with van der Waals surface area (Å²) in [6.45, 7) is 4.97. The van der Waals surface area contributed by atoms with Crippen molar-refractivity contribution in [2.24, 2.45) is 11.8 Å². The van der Waals surface area contributed by atoms with Gasteiger partial charge in [0.1, 0.15) is 5.82 Å². The van der Waals surface area contributed by atoms with Crippen LogP contribution < -0.4 is 0 Å². The molecule has 1 fully saturated rings. The minimum Gasteiger partial charge on any atom is -0.481 e. The molecule has 4 aromatic rings. The van der Waals surface area contributed by atoms with Crippen molar-refractivity contribution in [1.29, 1.82) is 0 Å². The number of aromatic amines is 1. The molecule has 1 aliphatic carbocycles. The highest BCUT2D eigenvalue weighted by molar-refractivity contribution is 5.80. The van der Waals surface area contributed by atoms with Crippen LogP contribution in [0.2, 0.25) is 0 Å². The monoisotopic (exact) mass is 499 g/mol. The Labute approximate surface area is 216 Å². The highest BCUT2D eigenvalue weighted by atomic mass is 16.4. The number of carboxylic acid groups (broad SMARTS) is 1. The molecular formula is C28H33N7O2. The molecule has 9 nitrogen and oxygen atoms in total. The van der Waals surface area contributed by atoms with Gasteiger partial charge in [-0.1, -0.05) is 62.4 Å². The van der Waals surface area contributed by atoms with Crippen LogP contribution in [-0.4, -0.2) is 46.5 Å². The molecule has 9 heteroatoms. The number of nitrogens with one attached hydrogen (secondary N) is 1. The van der Waals surface area contributed by atoms with Crippen LogP contribution in [0.15, 0.2) is 48.5 Å². The molecule has 192 valence electrons. The first kappa shape index (κ1) is 24.8. The maximum Gasteiger partial charge on any atom is 0.306 e. The lowest BCUT2D eigenvalue weighted by Crippen LogP contribution is -2.23. The molecule has 0 bridgehead atoms. The summed E-state index contributed by atoms with van der Waals surface area (Å²) in [6, 6.07) is 16.5. The standard InChI is InChI=1S/C28H33N7O2/c1-3-18(2)26-29-25(16-19-8-14-22(15-9-19)28(36)37)35(32-26)17-20-10-12-21(13-11-20)23-6-4-5-7-24(23)27-30-33-34-31-27/h4-7,10-13,18-19,22H,3,8-9,14-17H2,1-2H3,(H,36,37)(H,30,31,33,34). The number of rotatable bonds is 9. The fourth-order valence-electron chi connectivity index (χ4n) is 5.10. The summed E-state index contributed by atoms with van der Waals surface area (Å²) in [4.78, 5) is 16.3. The maximum absolute atomic E-state index is 11.3. The van der Waals surface area contributed by atoms with Crippen LogP contribution in [0.25, 0.3) is 22.5 Å². The van der Waals surface area contributed by atoms with Crippen molar-refractivity contribution in [2.75, 3.05) is 0 Å². The lowest BCUT2D eigenvalue weighted by atomic mass is 9.80. The summed E-state index contributed by atoms with van der Waals surface area (Å²) in [6.07, 6.45) is 5.18. The second-order valence-corrected chi connectivity index (χ2v) is 10.1. The third-order valence-corrected chi connectivity index (χ3v) is 7.60. The van der Waals surface area contributed by atoms with E-state index in [2.05, 4.69) is 64.8 Å².